The molecular formula is C43H58O3. The van der Waals surface area contributed by atoms with E-state index in [4.69, 9.17) is 0 Å². The van der Waals surface area contributed by atoms with Crippen LogP contribution in [-0.2, 0) is 32.5 Å². The molecule has 3 nitrogen and oxygen atoms in total. The third-order valence-corrected chi connectivity index (χ3v) is 12.2. The average molecular weight is 623 g/mol. The van der Waals surface area contributed by atoms with E-state index in [0.717, 1.165) is 71.9 Å². The molecule has 4 saturated carbocycles. The zero-order valence-electron chi connectivity index (χ0n) is 30.6. The highest BCUT2D eigenvalue weighted by molar-refractivity contribution is 5.55. The van der Waals surface area contributed by atoms with Gasteiger partial charge in [0.2, 0.25) is 0 Å². The van der Waals surface area contributed by atoms with Crippen molar-refractivity contribution in [2.24, 2.45) is 5.92 Å². The lowest BCUT2D eigenvalue weighted by atomic mass is 9.36. The van der Waals surface area contributed by atoms with Gasteiger partial charge >= 0.3 is 0 Å². The van der Waals surface area contributed by atoms with E-state index in [-0.39, 0.29) is 32.5 Å². The minimum Gasteiger partial charge on any atom is -0.507 e. The van der Waals surface area contributed by atoms with Gasteiger partial charge in [0.15, 0.2) is 0 Å². The lowest BCUT2D eigenvalue weighted by molar-refractivity contribution is -0.0495. The summed E-state index contributed by atoms with van der Waals surface area (Å²) in [7, 11) is 0. The maximum Gasteiger partial charge on any atom is 0.122 e. The molecule has 0 amide bonds. The predicted octanol–water partition coefficient (Wildman–Crippen LogP) is 10.7. The van der Waals surface area contributed by atoms with Gasteiger partial charge in [-0.3, -0.25) is 0 Å². The second-order valence-electron chi connectivity index (χ2n) is 19.2. The molecule has 4 bridgehead atoms. The average Bonchev–Trinajstić information content (AvgIpc) is 2.90. The first kappa shape index (κ1) is 33.0. The Kier molecular flexibility index (Phi) is 7.19. The smallest absolute Gasteiger partial charge is 0.122 e. The molecule has 4 aliphatic carbocycles. The van der Waals surface area contributed by atoms with Gasteiger partial charge in [-0.15, -0.1) is 0 Å². The fourth-order valence-electron chi connectivity index (χ4n) is 10.4. The van der Waals surface area contributed by atoms with Crippen molar-refractivity contribution in [2.45, 2.75) is 154 Å². The van der Waals surface area contributed by atoms with Crippen molar-refractivity contribution >= 4 is 0 Å². The molecule has 0 aliphatic heterocycles. The molecule has 7 rings (SSSR count). The Morgan fingerprint density at radius 2 is 0.696 bits per heavy atom. The predicted molar refractivity (Wildman–Crippen MR) is 191 cm³/mol. The Labute approximate surface area is 278 Å². The fourth-order valence-corrected chi connectivity index (χ4v) is 10.4. The summed E-state index contributed by atoms with van der Waals surface area (Å²) in [6.07, 6.45) is 6.71. The molecule has 4 aliphatic rings. The lowest BCUT2D eigenvalue weighted by Crippen LogP contribution is -2.62. The maximum atomic E-state index is 11.3. The van der Waals surface area contributed by atoms with Crippen LogP contribution in [0.1, 0.15) is 151 Å². The van der Waals surface area contributed by atoms with Crippen LogP contribution in [0.25, 0.3) is 0 Å². The minimum absolute atomic E-state index is 0.0424. The summed E-state index contributed by atoms with van der Waals surface area (Å²) in [6, 6.07) is 13.9. The molecule has 46 heavy (non-hydrogen) atoms. The van der Waals surface area contributed by atoms with Crippen molar-refractivity contribution in [1.82, 2.24) is 0 Å². The summed E-state index contributed by atoms with van der Waals surface area (Å²) in [4.78, 5) is 0. The molecule has 3 aromatic carbocycles. The Balaban J connectivity index is 1.64. The van der Waals surface area contributed by atoms with E-state index < -0.39 is 0 Å². The Bertz CT molecular complexity index is 1510. The Morgan fingerprint density at radius 1 is 0.457 bits per heavy atom. The van der Waals surface area contributed by atoms with Gasteiger partial charge in [-0.25, -0.2) is 0 Å². The van der Waals surface area contributed by atoms with E-state index in [1.807, 2.05) is 0 Å². The second kappa shape index (κ2) is 10.0. The molecule has 0 atom stereocenters. The summed E-state index contributed by atoms with van der Waals surface area (Å²) in [6.45, 7) is 26.0. The van der Waals surface area contributed by atoms with Crippen LogP contribution in [0.15, 0.2) is 36.4 Å². The normalized spacial score (nSPS) is 27.8. The van der Waals surface area contributed by atoms with Crippen molar-refractivity contribution < 1.29 is 15.3 Å². The van der Waals surface area contributed by atoms with Gasteiger partial charge in [0.25, 0.3) is 0 Å². The van der Waals surface area contributed by atoms with E-state index in [9.17, 15) is 15.3 Å². The fraction of sp³-hybridized carbons (Fsp3) is 0.581. The number of rotatable bonds is 3. The van der Waals surface area contributed by atoms with Gasteiger partial charge in [0.1, 0.15) is 17.2 Å². The molecule has 3 N–H and O–H groups in total. The van der Waals surface area contributed by atoms with E-state index in [1.54, 1.807) is 0 Å². The number of hydrogen-bond acceptors (Lipinski definition) is 3. The van der Waals surface area contributed by atoms with E-state index in [2.05, 4.69) is 119 Å². The Morgan fingerprint density at radius 3 is 0.913 bits per heavy atom. The minimum atomic E-state index is -0.173. The summed E-state index contributed by atoms with van der Waals surface area (Å²) < 4.78 is 0. The van der Waals surface area contributed by atoms with Gasteiger partial charge in [-0.05, 0) is 148 Å². The van der Waals surface area contributed by atoms with Crippen LogP contribution in [0.5, 0.6) is 17.2 Å². The Hall–Kier alpha value is -2.94. The zero-order valence-corrected chi connectivity index (χ0v) is 30.6. The highest BCUT2D eigenvalue weighted by atomic mass is 16.3. The summed E-state index contributed by atoms with van der Waals surface area (Å²) in [5.74, 6) is 1.85. The van der Waals surface area contributed by atoms with Gasteiger partial charge in [0, 0.05) is 0 Å². The molecule has 0 aromatic heterocycles. The third-order valence-electron chi connectivity index (χ3n) is 12.2. The number of benzene rings is 3. The van der Waals surface area contributed by atoms with Gasteiger partial charge in [-0.1, -0.05) is 98.7 Å². The van der Waals surface area contributed by atoms with Crippen LogP contribution in [0.4, 0.5) is 0 Å². The summed E-state index contributed by atoms with van der Waals surface area (Å²) >= 11 is 0. The zero-order chi connectivity index (χ0) is 34.0. The first-order valence-electron chi connectivity index (χ1n) is 17.5. The van der Waals surface area contributed by atoms with Crippen molar-refractivity contribution in [2.75, 3.05) is 0 Å². The third kappa shape index (κ3) is 5.06. The monoisotopic (exact) mass is 622 g/mol. The summed E-state index contributed by atoms with van der Waals surface area (Å²) in [5, 5.41) is 33.8. The van der Waals surface area contributed by atoms with E-state index in [0.29, 0.717) is 23.2 Å². The number of phenolic OH excluding ortho intramolecular Hbond substituents is 3. The largest absolute Gasteiger partial charge is 0.507 e. The molecule has 4 fully saturated rings. The SMILES string of the molecule is Cc1cc(C23CC4CC(c5cc(C)c(O)c(C(C)(C)C)c5)(C2)CC(c2cc(C)c(O)c(C(C)(C)C)c2)(C4)C3)cc(C(C)(C)C)c1O. The molecule has 0 spiro atoms. The van der Waals surface area contributed by atoms with Crippen molar-refractivity contribution in [3.63, 3.8) is 0 Å². The molecule has 0 radical (unpaired) electrons. The van der Waals surface area contributed by atoms with Crippen LogP contribution in [-0.4, -0.2) is 15.3 Å². The lowest BCUT2D eigenvalue weighted by Gasteiger charge is -2.67. The molecule has 0 heterocycles. The van der Waals surface area contributed by atoms with Gasteiger partial charge in [0.05, 0.1) is 0 Å². The number of hydrogen-bond donors (Lipinski definition) is 3. The first-order chi connectivity index (χ1) is 21.0. The molecule has 3 aromatic rings. The van der Waals surface area contributed by atoms with Gasteiger partial charge < -0.3 is 15.3 Å². The van der Waals surface area contributed by atoms with Gasteiger partial charge in [-0.2, -0.15) is 0 Å². The highest BCUT2D eigenvalue weighted by Gasteiger charge is 2.64. The maximum absolute atomic E-state index is 11.3. The molecular weight excluding hydrogens is 564 g/mol. The molecule has 248 valence electrons. The van der Waals surface area contributed by atoms with Crippen LogP contribution in [0.3, 0.4) is 0 Å². The van der Waals surface area contributed by atoms with Crippen LogP contribution < -0.4 is 0 Å². The standard InChI is InChI=1S/C43H58O3/c1-25-13-29(16-32(35(25)44)38(4,5)6)41-19-28-20-42(22-41,30-14-26(2)36(45)33(17-30)39(7,8)9)24-43(21-28,23-41)31-15-27(3)37(46)34(18-31)40(10,11)12/h13-18,28,44-46H,19-24H2,1-12H3. The number of phenols is 3. The topological polar surface area (TPSA) is 60.7 Å². The quantitative estimate of drug-likeness (QED) is 0.272. The van der Waals surface area contributed by atoms with Crippen LogP contribution in [0.2, 0.25) is 0 Å². The highest BCUT2D eigenvalue weighted by Crippen LogP contribution is 2.71. The second-order valence-corrected chi connectivity index (χ2v) is 19.2. The van der Waals surface area contributed by atoms with Crippen molar-refractivity contribution in [3.05, 3.63) is 86.5 Å². The van der Waals surface area contributed by atoms with Crippen molar-refractivity contribution in [1.29, 1.82) is 0 Å². The van der Waals surface area contributed by atoms with E-state index in [1.165, 1.54) is 16.7 Å². The molecule has 3 heteroatoms. The van der Waals surface area contributed by atoms with Crippen LogP contribution >= 0.6 is 0 Å². The van der Waals surface area contributed by atoms with Crippen LogP contribution in [0, 0.1) is 26.7 Å². The summed E-state index contributed by atoms with van der Waals surface area (Å²) in [5.41, 5.74) is 9.49. The number of aryl methyl sites for hydroxylation is 3. The molecule has 0 saturated heterocycles. The van der Waals surface area contributed by atoms with E-state index >= 15 is 0 Å². The van der Waals surface area contributed by atoms with Crippen molar-refractivity contribution in [3.8, 4) is 17.2 Å². The number of aromatic hydroxyl groups is 3. The molecule has 0 unspecified atom stereocenters. The first-order valence-corrected chi connectivity index (χ1v) is 17.5.